The summed E-state index contributed by atoms with van der Waals surface area (Å²) in [5.41, 5.74) is 2.19. The third kappa shape index (κ3) is 4.57. The van der Waals surface area contributed by atoms with Crippen LogP contribution in [-0.4, -0.2) is 14.7 Å². The molecule has 0 atom stereocenters. The molecule has 0 spiro atoms. The van der Waals surface area contributed by atoms with Crippen LogP contribution >= 0.6 is 0 Å². The van der Waals surface area contributed by atoms with Gasteiger partial charge in [0.15, 0.2) is 0 Å². The molecule has 7 heteroatoms. The first-order valence-corrected chi connectivity index (χ1v) is 13.0. The predicted octanol–water partition coefficient (Wildman–Crippen LogP) is 8.23. The van der Waals surface area contributed by atoms with E-state index in [4.69, 9.17) is 5.10 Å². The lowest BCUT2D eigenvalue weighted by Crippen LogP contribution is -2.38. The molecule has 0 aliphatic carbocycles. The maximum absolute atomic E-state index is 15.3. The number of nitrogens with zero attached hydrogens (tertiary/aromatic N) is 3. The summed E-state index contributed by atoms with van der Waals surface area (Å²) in [6.45, 7) is 0. The summed E-state index contributed by atoms with van der Waals surface area (Å²) in [4.78, 5) is 11.0. The highest BCUT2D eigenvalue weighted by Crippen LogP contribution is 2.43. The van der Waals surface area contributed by atoms with Gasteiger partial charge in [0.25, 0.3) is 0 Å². The van der Waals surface area contributed by atoms with Crippen LogP contribution in [0.5, 0.6) is 0 Å². The van der Waals surface area contributed by atoms with Crippen molar-refractivity contribution in [3.8, 4) is 0 Å². The number of hydrogen-bond donors (Lipinski definition) is 0. The lowest BCUT2D eigenvalue weighted by molar-refractivity contribution is -0.387. The highest BCUT2D eigenvalue weighted by molar-refractivity contribution is 5.92. The number of halogens is 2. The van der Waals surface area contributed by atoms with Crippen LogP contribution in [0, 0.1) is 21.7 Å². The quantitative estimate of drug-likeness (QED) is 0.116. The van der Waals surface area contributed by atoms with Crippen LogP contribution in [0.3, 0.4) is 0 Å². The summed E-state index contributed by atoms with van der Waals surface area (Å²) in [5.74, 6) is -1.36. The van der Waals surface area contributed by atoms with Crippen LogP contribution in [0.4, 0.5) is 14.5 Å². The summed E-state index contributed by atoms with van der Waals surface area (Å²) in [6, 6.07) is 37.7. The van der Waals surface area contributed by atoms with E-state index in [2.05, 4.69) is 0 Å². The summed E-state index contributed by atoms with van der Waals surface area (Å²) in [5, 5.41) is 17.1. The molecule has 0 saturated heterocycles. The van der Waals surface area contributed by atoms with E-state index in [1.807, 2.05) is 91.0 Å². The van der Waals surface area contributed by atoms with Crippen molar-refractivity contribution >= 4 is 28.7 Å². The fraction of sp³-hybridized carbons (Fsp3) is 0.0294. The third-order valence-electron chi connectivity index (χ3n) is 7.15. The van der Waals surface area contributed by atoms with Gasteiger partial charge in [-0.3, -0.25) is 10.1 Å². The number of benzene rings is 5. The molecule has 0 aliphatic rings. The van der Waals surface area contributed by atoms with Crippen LogP contribution in [-0.2, 0) is 5.54 Å². The molecule has 5 aromatic carbocycles. The molecular formula is C34H23F2N3O2. The largest absolute Gasteiger partial charge is 0.305 e. The lowest BCUT2D eigenvalue weighted by atomic mass is 9.77. The van der Waals surface area contributed by atoms with Crippen LogP contribution in [0.15, 0.2) is 127 Å². The zero-order valence-corrected chi connectivity index (χ0v) is 21.7. The fourth-order valence-corrected chi connectivity index (χ4v) is 5.36. The van der Waals surface area contributed by atoms with Crippen molar-refractivity contribution in [2.75, 3.05) is 0 Å². The standard InChI is InChI=1S/C34H23F2N3O2/c35-28-18-10-11-24(21-28)19-20-31-29-22-33(39(40)41)30(36)23-32(29)38(37-31)34(25-12-4-1-5-13-25,26-14-6-2-7-15-26)27-16-8-3-9-17-27/h1-23H/b20-19+. The smallest absolute Gasteiger partial charge is 0.258 e. The van der Waals surface area contributed by atoms with E-state index < -0.39 is 27.8 Å². The Kier molecular flexibility index (Phi) is 6.69. The van der Waals surface area contributed by atoms with E-state index in [0.29, 0.717) is 22.2 Å². The molecule has 0 fully saturated rings. The van der Waals surface area contributed by atoms with Crippen molar-refractivity contribution in [3.63, 3.8) is 0 Å². The summed E-state index contributed by atoms with van der Waals surface area (Å²) in [7, 11) is 0. The second-order valence-electron chi connectivity index (χ2n) is 9.57. The molecule has 1 aromatic heterocycles. The second kappa shape index (κ2) is 10.6. The maximum atomic E-state index is 15.3. The molecule has 0 bridgehead atoms. The summed E-state index contributed by atoms with van der Waals surface area (Å²) < 4.78 is 30.9. The van der Waals surface area contributed by atoms with Crippen molar-refractivity contribution in [1.82, 2.24) is 9.78 Å². The number of fused-ring (bicyclic) bond motifs is 1. The Hall–Kier alpha value is -5.43. The van der Waals surface area contributed by atoms with Gasteiger partial charge < -0.3 is 0 Å². The molecule has 5 nitrogen and oxygen atoms in total. The van der Waals surface area contributed by atoms with Crippen molar-refractivity contribution < 1.29 is 13.7 Å². The first-order valence-electron chi connectivity index (χ1n) is 13.0. The molecule has 1 heterocycles. The predicted molar refractivity (Wildman–Crippen MR) is 156 cm³/mol. The average Bonchev–Trinajstić information content (AvgIpc) is 3.35. The van der Waals surface area contributed by atoms with Gasteiger partial charge in [0.1, 0.15) is 11.4 Å². The van der Waals surface area contributed by atoms with Crippen LogP contribution in [0.25, 0.3) is 23.1 Å². The highest BCUT2D eigenvalue weighted by atomic mass is 19.1. The Balaban J connectivity index is 1.74. The van der Waals surface area contributed by atoms with E-state index in [0.717, 1.165) is 16.7 Å². The molecule has 6 rings (SSSR count). The normalized spacial score (nSPS) is 11.8. The minimum atomic E-state index is -1.07. The number of rotatable bonds is 7. The van der Waals surface area contributed by atoms with E-state index >= 15 is 4.39 Å². The minimum Gasteiger partial charge on any atom is -0.258 e. The monoisotopic (exact) mass is 543 g/mol. The van der Waals surface area contributed by atoms with Crippen molar-refractivity contribution in [1.29, 1.82) is 0 Å². The zero-order valence-electron chi connectivity index (χ0n) is 21.7. The number of hydrogen-bond acceptors (Lipinski definition) is 3. The van der Waals surface area contributed by atoms with Crippen LogP contribution in [0.2, 0.25) is 0 Å². The van der Waals surface area contributed by atoms with Gasteiger partial charge in [-0.05, 0) is 40.5 Å². The topological polar surface area (TPSA) is 61.0 Å². The summed E-state index contributed by atoms with van der Waals surface area (Å²) in [6.07, 6.45) is 3.35. The average molecular weight is 544 g/mol. The van der Waals surface area contributed by atoms with Crippen LogP contribution < -0.4 is 0 Å². The van der Waals surface area contributed by atoms with Gasteiger partial charge in [0.2, 0.25) is 5.82 Å². The molecule has 0 aliphatic heterocycles. The Morgan fingerprint density at radius 1 is 0.707 bits per heavy atom. The number of nitro groups is 1. The first-order chi connectivity index (χ1) is 20.0. The van der Waals surface area contributed by atoms with Crippen molar-refractivity contribution in [3.05, 3.63) is 177 Å². The van der Waals surface area contributed by atoms with Gasteiger partial charge in [-0.2, -0.15) is 9.49 Å². The Morgan fingerprint density at radius 3 is 1.78 bits per heavy atom. The van der Waals surface area contributed by atoms with Crippen molar-refractivity contribution in [2.45, 2.75) is 5.54 Å². The van der Waals surface area contributed by atoms with E-state index in [1.165, 1.54) is 24.3 Å². The van der Waals surface area contributed by atoms with E-state index in [9.17, 15) is 14.5 Å². The molecule has 0 radical (unpaired) electrons. The molecular weight excluding hydrogens is 520 g/mol. The molecule has 200 valence electrons. The SMILES string of the molecule is O=[N+]([O-])c1cc2c(/C=C/c3cccc(F)c3)nn(C(c3ccccc3)(c3ccccc3)c3ccccc3)c2cc1F. The maximum Gasteiger partial charge on any atom is 0.305 e. The van der Waals surface area contributed by atoms with Crippen molar-refractivity contribution in [2.24, 2.45) is 0 Å². The third-order valence-corrected chi connectivity index (χ3v) is 7.15. The number of nitro benzene ring substituents is 1. The van der Waals surface area contributed by atoms with Gasteiger partial charge in [0.05, 0.1) is 16.1 Å². The molecule has 6 aromatic rings. The molecule has 0 amide bonds. The van der Waals surface area contributed by atoms with E-state index in [1.54, 1.807) is 29.0 Å². The van der Waals surface area contributed by atoms with Gasteiger partial charge in [-0.15, -0.1) is 0 Å². The second-order valence-corrected chi connectivity index (χ2v) is 9.57. The molecule has 41 heavy (non-hydrogen) atoms. The van der Waals surface area contributed by atoms with Gasteiger partial charge in [-0.1, -0.05) is 109 Å². The Bertz CT molecular complexity index is 1790. The van der Waals surface area contributed by atoms with Crippen LogP contribution in [0.1, 0.15) is 27.9 Å². The van der Waals surface area contributed by atoms with Gasteiger partial charge in [0, 0.05) is 17.5 Å². The number of aromatic nitrogens is 2. The Labute approximate surface area is 234 Å². The first kappa shape index (κ1) is 25.8. The zero-order chi connectivity index (χ0) is 28.4. The molecule has 0 saturated carbocycles. The highest BCUT2D eigenvalue weighted by Gasteiger charge is 2.41. The lowest BCUT2D eigenvalue weighted by Gasteiger charge is -2.37. The van der Waals surface area contributed by atoms with Gasteiger partial charge >= 0.3 is 5.69 Å². The fourth-order valence-electron chi connectivity index (χ4n) is 5.36. The minimum absolute atomic E-state index is 0.364. The Morgan fingerprint density at radius 2 is 1.27 bits per heavy atom. The van der Waals surface area contributed by atoms with Gasteiger partial charge in [-0.25, -0.2) is 9.07 Å². The summed E-state index contributed by atoms with van der Waals surface area (Å²) >= 11 is 0. The molecule has 0 unspecified atom stereocenters. The molecule has 0 N–H and O–H groups in total. The van der Waals surface area contributed by atoms with E-state index in [-0.39, 0.29) is 0 Å².